The summed E-state index contributed by atoms with van der Waals surface area (Å²) in [4.78, 5) is 9.67. The molecule has 0 saturated carbocycles. The van der Waals surface area contributed by atoms with Crippen molar-refractivity contribution in [3.63, 3.8) is 0 Å². The fourth-order valence-corrected chi connectivity index (χ4v) is 4.18. The van der Waals surface area contributed by atoms with E-state index in [4.69, 9.17) is 9.41 Å². The van der Waals surface area contributed by atoms with E-state index in [0.717, 1.165) is 63.8 Å². The Kier molecular flexibility index (Phi) is 9.38. The largest absolute Gasteiger partial charge is 0.468 e. The predicted molar refractivity (Wildman–Crippen MR) is 133 cm³/mol. The van der Waals surface area contributed by atoms with Crippen LogP contribution in [0.4, 0.5) is 0 Å². The number of piperidine rings is 1. The summed E-state index contributed by atoms with van der Waals surface area (Å²) < 4.78 is 5.49. The molecule has 0 unspecified atom stereocenters. The Labute approximate surface area is 193 Å². The standard InChI is InChI=1S/C26H39N5O/c1-5-27-26(29-24-12-14-31(15-13-24)18-21(2)3)28-17-22-9-6-7-10-23(22)19-30(4)20-25-11-8-16-32-25/h6-11,16,24H,2,5,12-15,17-20H2,1,3-4H3,(H2,27,28,29). The summed E-state index contributed by atoms with van der Waals surface area (Å²) in [5, 5.41) is 7.08. The van der Waals surface area contributed by atoms with Gasteiger partial charge in [-0.2, -0.15) is 0 Å². The summed E-state index contributed by atoms with van der Waals surface area (Å²) in [5.74, 6) is 1.89. The SMILES string of the molecule is C=C(C)CN1CCC(NC(=NCc2ccccc2CN(C)Cc2ccco2)NCC)CC1. The highest BCUT2D eigenvalue weighted by Gasteiger charge is 2.19. The fourth-order valence-electron chi connectivity index (χ4n) is 4.18. The molecule has 6 nitrogen and oxygen atoms in total. The van der Waals surface area contributed by atoms with Crippen molar-refractivity contribution in [2.75, 3.05) is 33.2 Å². The van der Waals surface area contributed by atoms with Crippen LogP contribution in [0.5, 0.6) is 0 Å². The van der Waals surface area contributed by atoms with Crippen LogP contribution in [-0.4, -0.2) is 55.0 Å². The molecule has 1 fully saturated rings. The van der Waals surface area contributed by atoms with Gasteiger partial charge in [-0.25, -0.2) is 4.99 Å². The third-order valence-corrected chi connectivity index (χ3v) is 5.74. The minimum Gasteiger partial charge on any atom is -0.468 e. The van der Waals surface area contributed by atoms with E-state index >= 15 is 0 Å². The minimum absolute atomic E-state index is 0.462. The first-order valence-electron chi connectivity index (χ1n) is 11.7. The molecule has 0 atom stereocenters. The lowest BCUT2D eigenvalue weighted by atomic mass is 10.0. The summed E-state index contributed by atoms with van der Waals surface area (Å²) >= 11 is 0. The summed E-state index contributed by atoms with van der Waals surface area (Å²) in [5.41, 5.74) is 3.79. The lowest BCUT2D eigenvalue weighted by Gasteiger charge is -2.33. The van der Waals surface area contributed by atoms with Gasteiger partial charge in [-0.3, -0.25) is 9.80 Å². The Morgan fingerprint density at radius 3 is 2.56 bits per heavy atom. The first-order valence-corrected chi connectivity index (χ1v) is 11.7. The van der Waals surface area contributed by atoms with Gasteiger partial charge in [-0.1, -0.05) is 36.4 Å². The molecule has 3 rings (SSSR count). The van der Waals surface area contributed by atoms with Gasteiger partial charge < -0.3 is 15.1 Å². The molecular weight excluding hydrogens is 398 g/mol. The van der Waals surface area contributed by atoms with E-state index in [1.165, 1.54) is 16.7 Å². The van der Waals surface area contributed by atoms with Crippen molar-refractivity contribution >= 4 is 5.96 Å². The smallest absolute Gasteiger partial charge is 0.191 e. The number of rotatable bonds is 10. The molecule has 2 aromatic rings. The van der Waals surface area contributed by atoms with Crippen molar-refractivity contribution in [3.05, 3.63) is 71.7 Å². The third-order valence-electron chi connectivity index (χ3n) is 5.74. The van der Waals surface area contributed by atoms with Crippen LogP contribution in [-0.2, 0) is 19.6 Å². The molecule has 2 N–H and O–H groups in total. The van der Waals surface area contributed by atoms with Gasteiger partial charge in [-0.05, 0) is 57.0 Å². The highest BCUT2D eigenvalue weighted by atomic mass is 16.3. The molecule has 1 aromatic carbocycles. The van der Waals surface area contributed by atoms with E-state index in [1.54, 1.807) is 6.26 Å². The van der Waals surface area contributed by atoms with Crippen LogP contribution in [0.3, 0.4) is 0 Å². The van der Waals surface area contributed by atoms with Gasteiger partial charge >= 0.3 is 0 Å². The molecule has 1 aliphatic rings. The monoisotopic (exact) mass is 437 g/mol. The normalized spacial score (nSPS) is 15.8. The predicted octanol–water partition coefficient (Wildman–Crippen LogP) is 4.01. The topological polar surface area (TPSA) is 56.0 Å². The minimum atomic E-state index is 0.462. The van der Waals surface area contributed by atoms with E-state index in [1.807, 2.05) is 12.1 Å². The Morgan fingerprint density at radius 2 is 1.91 bits per heavy atom. The van der Waals surface area contributed by atoms with Crippen molar-refractivity contribution in [2.45, 2.75) is 52.4 Å². The van der Waals surface area contributed by atoms with Gasteiger partial charge in [-0.15, -0.1) is 0 Å². The van der Waals surface area contributed by atoms with Gasteiger partial charge in [0.1, 0.15) is 5.76 Å². The highest BCUT2D eigenvalue weighted by Crippen LogP contribution is 2.15. The molecule has 174 valence electrons. The molecule has 2 heterocycles. The van der Waals surface area contributed by atoms with E-state index in [-0.39, 0.29) is 0 Å². The van der Waals surface area contributed by atoms with Gasteiger partial charge in [0.15, 0.2) is 5.96 Å². The maximum Gasteiger partial charge on any atom is 0.191 e. The number of furan rings is 1. The second-order valence-electron chi connectivity index (χ2n) is 8.87. The number of hydrogen-bond acceptors (Lipinski definition) is 4. The van der Waals surface area contributed by atoms with Gasteiger partial charge in [0, 0.05) is 38.8 Å². The molecule has 0 radical (unpaired) electrons. The van der Waals surface area contributed by atoms with Crippen LogP contribution in [0.25, 0.3) is 0 Å². The van der Waals surface area contributed by atoms with E-state index in [9.17, 15) is 0 Å². The van der Waals surface area contributed by atoms with Gasteiger partial charge in [0.25, 0.3) is 0 Å². The summed E-state index contributed by atoms with van der Waals surface area (Å²) in [7, 11) is 2.12. The molecule has 0 amide bonds. The van der Waals surface area contributed by atoms with Crippen molar-refractivity contribution < 1.29 is 4.42 Å². The Morgan fingerprint density at radius 1 is 1.16 bits per heavy atom. The van der Waals surface area contributed by atoms with Crippen molar-refractivity contribution in [3.8, 4) is 0 Å². The van der Waals surface area contributed by atoms with Gasteiger partial charge in [0.05, 0.1) is 19.4 Å². The molecule has 1 saturated heterocycles. The van der Waals surface area contributed by atoms with Crippen molar-refractivity contribution in [1.82, 2.24) is 20.4 Å². The van der Waals surface area contributed by atoms with Crippen LogP contribution < -0.4 is 10.6 Å². The van der Waals surface area contributed by atoms with Crippen LogP contribution in [0, 0.1) is 0 Å². The lowest BCUT2D eigenvalue weighted by Crippen LogP contribution is -2.48. The molecule has 0 aliphatic carbocycles. The molecular formula is C26H39N5O. The quantitative estimate of drug-likeness (QED) is 0.334. The second-order valence-corrected chi connectivity index (χ2v) is 8.87. The third kappa shape index (κ3) is 7.84. The number of aliphatic imine (C=N–C) groups is 1. The zero-order valence-corrected chi connectivity index (χ0v) is 19.9. The van der Waals surface area contributed by atoms with Crippen LogP contribution >= 0.6 is 0 Å². The van der Waals surface area contributed by atoms with Gasteiger partial charge in [0.2, 0.25) is 0 Å². The van der Waals surface area contributed by atoms with E-state index in [0.29, 0.717) is 12.6 Å². The molecule has 1 aliphatic heterocycles. The second kappa shape index (κ2) is 12.5. The molecule has 1 aromatic heterocycles. The van der Waals surface area contributed by atoms with Crippen LogP contribution in [0.1, 0.15) is 43.6 Å². The molecule has 6 heteroatoms. The van der Waals surface area contributed by atoms with E-state index in [2.05, 4.69) is 72.2 Å². The summed E-state index contributed by atoms with van der Waals surface area (Å²) in [6.07, 6.45) is 3.99. The summed E-state index contributed by atoms with van der Waals surface area (Å²) in [6.45, 7) is 14.6. The zero-order chi connectivity index (χ0) is 22.8. The average Bonchev–Trinajstić information content (AvgIpc) is 3.27. The number of guanidine groups is 1. The van der Waals surface area contributed by atoms with Crippen molar-refractivity contribution in [2.24, 2.45) is 4.99 Å². The Balaban J connectivity index is 1.57. The number of nitrogens with one attached hydrogen (secondary N) is 2. The first kappa shape index (κ1) is 24.1. The fraction of sp³-hybridized carbons (Fsp3) is 0.500. The van der Waals surface area contributed by atoms with E-state index < -0.39 is 0 Å². The summed E-state index contributed by atoms with van der Waals surface area (Å²) in [6, 6.07) is 13.0. The number of nitrogens with zero attached hydrogens (tertiary/aromatic N) is 3. The number of benzene rings is 1. The maximum atomic E-state index is 5.49. The highest BCUT2D eigenvalue weighted by molar-refractivity contribution is 5.80. The van der Waals surface area contributed by atoms with Crippen molar-refractivity contribution in [1.29, 1.82) is 0 Å². The number of hydrogen-bond donors (Lipinski definition) is 2. The maximum absolute atomic E-state index is 5.49. The average molecular weight is 438 g/mol. The zero-order valence-electron chi connectivity index (χ0n) is 19.9. The first-order chi connectivity index (χ1) is 15.5. The molecule has 0 spiro atoms. The number of likely N-dealkylation sites (tertiary alicyclic amines) is 1. The van der Waals surface area contributed by atoms with Crippen LogP contribution in [0.2, 0.25) is 0 Å². The molecule has 0 bridgehead atoms. The van der Waals surface area contributed by atoms with Crippen LogP contribution in [0.15, 0.2) is 64.2 Å². The lowest BCUT2D eigenvalue weighted by molar-refractivity contribution is 0.221. The Bertz CT molecular complexity index is 853. The molecule has 32 heavy (non-hydrogen) atoms. The Hall–Kier alpha value is -2.57.